The van der Waals surface area contributed by atoms with Gasteiger partial charge in [0.2, 0.25) is 0 Å². The molecule has 4 aromatic heterocycles. The average Bonchev–Trinajstić information content (AvgIpc) is 3.51. The average molecular weight is 664 g/mol. The molecule has 4 heterocycles. The van der Waals surface area contributed by atoms with E-state index >= 15 is 0 Å². The van der Waals surface area contributed by atoms with Crippen LogP contribution >= 0.6 is 0 Å². The Hall–Kier alpha value is -4.37. The summed E-state index contributed by atoms with van der Waals surface area (Å²) in [5.74, 6) is 0. The van der Waals surface area contributed by atoms with Crippen LogP contribution in [0.5, 0.6) is 0 Å². The van der Waals surface area contributed by atoms with Crippen molar-refractivity contribution < 1.29 is 20.1 Å². The molecule has 8 aromatic rings. The molecule has 3 nitrogen and oxygen atoms in total. The van der Waals surface area contributed by atoms with Crippen LogP contribution in [0.15, 0.2) is 128 Å². The second-order valence-electron chi connectivity index (χ2n) is 8.89. The van der Waals surface area contributed by atoms with Crippen LogP contribution in [0.2, 0.25) is 0 Å². The first kappa shape index (κ1) is 24.0. The van der Waals surface area contributed by atoms with Crippen molar-refractivity contribution in [2.24, 2.45) is 0 Å². The minimum absolute atomic E-state index is 0. The van der Waals surface area contributed by atoms with Crippen molar-refractivity contribution in [3.05, 3.63) is 140 Å². The predicted molar refractivity (Wildman–Crippen MR) is 152 cm³/mol. The van der Waals surface area contributed by atoms with Gasteiger partial charge in [-0.3, -0.25) is 4.98 Å². The number of para-hydroxylation sites is 2. The van der Waals surface area contributed by atoms with Gasteiger partial charge in [-0.1, -0.05) is 54.6 Å². The molecule has 0 N–H and O–H groups in total. The number of aromatic nitrogens is 3. The Morgan fingerprint density at radius 2 is 1.16 bits per heavy atom. The Kier molecular flexibility index (Phi) is 6.43. The Morgan fingerprint density at radius 3 is 1.82 bits per heavy atom. The number of pyridine rings is 2. The van der Waals surface area contributed by atoms with E-state index in [-0.39, 0.29) is 20.1 Å². The monoisotopic (exact) mass is 664 g/mol. The van der Waals surface area contributed by atoms with Crippen molar-refractivity contribution in [2.45, 2.75) is 0 Å². The van der Waals surface area contributed by atoms with Gasteiger partial charge in [-0.2, -0.15) is 0 Å². The summed E-state index contributed by atoms with van der Waals surface area (Å²) in [5, 5.41) is 3.72. The van der Waals surface area contributed by atoms with Crippen LogP contribution in [0.4, 0.5) is 0 Å². The summed E-state index contributed by atoms with van der Waals surface area (Å²) in [5.41, 5.74) is 8.74. The summed E-state index contributed by atoms with van der Waals surface area (Å²) in [7, 11) is 0. The van der Waals surface area contributed by atoms with E-state index in [1.165, 1.54) is 32.7 Å². The van der Waals surface area contributed by atoms with Crippen LogP contribution in [0.3, 0.4) is 0 Å². The molecule has 4 aromatic carbocycles. The van der Waals surface area contributed by atoms with Crippen molar-refractivity contribution >= 4 is 38.2 Å². The number of hydrogen-bond acceptors (Lipinski definition) is 2. The first-order valence-corrected chi connectivity index (χ1v) is 12.3. The van der Waals surface area contributed by atoms with Crippen molar-refractivity contribution in [3.8, 4) is 22.5 Å². The van der Waals surface area contributed by atoms with E-state index in [0.29, 0.717) is 0 Å². The standard InChI is InChI=1S/C23H13N2.C11H8N.Ir/c1-2-8-15(9-3-1)19-14-18-16-10-4-6-12-20(16)25-21-13-7-5-11-17(21)22(24-19)23(18)25;1-2-6-10(7-3-1)11-8-4-5-9-12-11;/h1-8,10-14H;1-6,8-9H;/q2*-1;. The molecule has 0 saturated carbocycles. The van der Waals surface area contributed by atoms with Crippen molar-refractivity contribution in [1.82, 2.24) is 14.4 Å². The minimum Gasteiger partial charge on any atom is -0.306 e. The van der Waals surface area contributed by atoms with Gasteiger partial charge in [0.15, 0.2) is 0 Å². The summed E-state index contributed by atoms with van der Waals surface area (Å²) in [6.07, 6.45) is 1.79. The summed E-state index contributed by atoms with van der Waals surface area (Å²) >= 11 is 0. The number of benzene rings is 4. The molecule has 0 amide bonds. The molecular weight excluding hydrogens is 643 g/mol. The zero-order valence-electron chi connectivity index (χ0n) is 20.3. The minimum atomic E-state index is 0. The molecular formula is C34H21IrN3-2. The maximum Gasteiger partial charge on any atom is 0.0863 e. The van der Waals surface area contributed by atoms with Crippen LogP contribution < -0.4 is 0 Å². The second-order valence-corrected chi connectivity index (χ2v) is 8.89. The van der Waals surface area contributed by atoms with Crippen LogP contribution in [-0.2, 0) is 20.1 Å². The van der Waals surface area contributed by atoms with Gasteiger partial charge in [0.25, 0.3) is 0 Å². The third kappa shape index (κ3) is 4.05. The Bertz CT molecular complexity index is 1840. The molecule has 4 heteroatoms. The number of rotatable bonds is 2. The molecule has 38 heavy (non-hydrogen) atoms. The Labute approximate surface area is 234 Å². The van der Waals surface area contributed by atoms with E-state index in [0.717, 1.165) is 28.0 Å². The van der Waals surface area contributed by atoms with E-state index in [9.17, 15) is 0 Å². The van der Waals surface area contributed by atoms with Crippen LogP contribution in [0.25, 0.3) is 60.7 Å². The van der Waals surface area contributed by atoms with Gasteiger partial charge >= 0.3 is 0 Å². The van der Waals surface area contributed by atoms with Gasteiger partial charge in [0, 0.05) is 42.5 Å². The maximum atomic E-state index is 5.03. The van der Waals surface area contributed by atoms with Gasteiger partial charge in [-0.25, -0.2) is 0 Å². The second kappa shape index (κ2) is 10.2. The first-order chi connectivity index (χ1) is 18.4. The maximum absolute atomic E-state index is 5.03. The fourth-order valence-electron chi connectivity index (χ4n) is 5.06. The predicted octanol–water partition coefficient (Wildman–Crippen LogP) is 8.25. The Morgan fingerprint density at radius 1 is 0.553 bits per heavy atom. The number of nitrogens with zero attached hydrogens (tertiary/aromatic N) is 3. The van der Waals surface area contributed by atoms with Gasteiger partial charge in [-0.05, 0) is 29.6 Å². The molecule has 183 valence electrons. The molecule has 0 fully saturated rings. The SMILES string of the molecule is [Ir].[c-]1ccccc1-c1cc2c3ccccc3n3c4ccccc4c(n1)c23.[c-]1ccccc1-c1ccccn1. The van der Waals surface area contributed by atoms with E-state index in [4.69, 9.17) is 4.98 Å². The molecule has 1 radical (unpaired) electrons. The van der Waals surface area contributed by atoms with E-state index < -0.39 is 0 Å². The van der Waals surface area contributed by atoms with Crippen LogP contribution in [-0.4, -0.2) is 14.4 Å². The molecule has 8 rings (SSSR count). The third-order valence-corrected chi connectivity index (χ3v) is 6.69. The van der Waals surface area contributed by atoms with Crippen molar-refractivity contribution in [3.63, 3.8) is 0 Å². The van der Waals surface area contributed by atoms with E-state index in [1.54, 1.807) is 6.20 Å². The van der Waals surface area contributed by atoms with E-state index in [2.05, 4.69) is 82.2 Å². The van der Waals surface area contributed by atoms with Gasteiger partial charge < -0.3 is 9.38 Å². The zero-order chi connectivity index (χ0) is 24.6. The Balaban J connectivity index is 0.000000172. The molecule has 0 aliphatic rings. The van der Waals surface area contributed by atoms with Gasteiger partial charge in [-0.15, -0.1) is 71.8 Å². The fraction of sp³-hybridized carbons (Fsp3) is 0. The van der Waals surface area contributed by atoms with Gasteiger partial charge in [0.1, 0.15) is 0 Å². The fourth-order valence-corrected chi connectivity index (χ4v) is 5.06. The number of hydrogen-bond donors (Lipinski definition) is 0. The summed E-state index contributed by atoms with van der Waals surface area (Å²) in [6, 6.07) is 47.5. The molecule has 0 unspecified atom stereocenters. The molecule has 0 atom stereocenters. The molecule has 0 spiro atoms. The third-order valence-electron chi connectivity index (χ3n) is 6.69. The topological polar surface area (TPSA) is 30.2 Å². The van der Waals surface area contributed by atoms with Crippen LogP contribution in [0.1, 0.15) is 0 Å². The van der Waals surface area contributed by atoms with Crippen molar-refractivity contribution in [1.29, 1.82) is 0 Å². The summed E-state index contributed by atoms with van der Waals surface area (Å²) < 4.78 is 2.35. The molecule has 0 aliphatic carbocycles. The van der Waals surface area contributed by atoms with Crippen molar-refractivity contribution in [2.75, 3.05) is 0 Å². The summed E-state index contributed by atoms with van der Waals surface area (Å²) in [6.45, 7) is 0. The quantitative estimate of drug-likeness (QED) is 0.175. The van der Waals surface area contributed by atoms with E-state index in [1.807, 2.05) is 60.7 Å². The summed E-state index contributed by atoms with van der Waals surface area (Å²) in [4.78, 5) is 9.24. The molecule has 0 bridgehead atoms. The zero-order valence-corrected chi connectivity index (χ0v) is 22.7. The first-order valence-electron chi connectivity index (χ1n) is 12.3. The molecule has 0 saturated heterocycles. The normalized spacial score (nSPS) is 10.9. The van der Waals surface area contributed by atoms with Crippen LogP contribution in [0, 0.1) is 12.1 Å². The largest absolute Gasteiger partial charge is 0.306 e. The molecule has 0 aliphatic heterocycles. The number of fused-ring (bicyclic) bond motifs is 6. The van der Waals surface area contributed by atoms with Gasteiger partial charge in [0.05, 0.1) is 22.1 Å². The smallest absolute Gasteiger partial charge is 0.0863 e.